The van der Waals surface area contributed by atoms with Gasteiger partial charge in [0, 0.05) is 28.7 Å². The summed E-state index contributed by atoms with van der Waals surface area (Å²) >= 11 is 3.35. The molecule has 1 saturated carbocycles. The number of rotatable bonds is 4. The number of hydrogen-bond acceptors (Lipinski definition) is 3. The van der Waals surface area contributed by atoms with E-state index in [0.717, 1.165) is 10.0 Å². The molecular weight excluding hydrogens is 284 g/mol. The van der Waals surface area contributed by atoms with Crippen LogP contribution >= 0.6 is 15.9 Å². The molecule has 0 spiro atoms. The fourth-order valence-corrected chi connectivity index (χ4v) is 2.67. The first-order chi connectivity index (χ1) is 8.16. The highest BCUT2D eigenvalue weighted by Crippen LogP contribution is 2.24. The lowest BCUT2D eigenvalue weighted by Crippen LogP contribution is -2.25. The summed E-state index contributed by atoms with van der Waals surface area (Å²) in [7, 11) is 0. The number of nitro groups is 1. The predicted molar refractivity (Wildman–Crippen MR) is 69.9 cm³/mol. The first-order valence-corrected chi connectivity index (χ1v) is 6.62. The van der Waals surface area contributed by atoms with Gasteiger partial charge in [-0.3, -0.25) is 10.1 Å². The van der Waals surface area contributed by atoms with E-state index in [1.54, 1.807) is 12.1 Å². The lowest BCUT2D eigenvalue weighted by molar-refractivity contribution is -0.385. The monoisotopic (exact) mass is 298 g/mol. The smallest absolute Gasteiger partial charge is 0.273 e. The topological polar surface area (TPSA) is 55.2 Å². The Balaban J connectivity index is 2.07. The molecule has 0 saturated heterocycles. The summed E-state index contributed by atoms with van der Waals surface area (Å²) in [5, 5.41) is 14.3. The molecule has 0 atom stereocenters. The number of benzene rings is 1. The molecule has 1 aliphatic carbocycles. The van der Waals surface area contributed by atoms with Crippen LogP contribution in [0.5, 0.6) is 0 Å². The first kappa shape index (κ1) is 12.5. The molecule has 0 aliphatic heterocycles. The van der Waals surface area contributed by atoms with Gasteiger partial charge in [-0.2, -0.15) is 0 Å². The summed E-state index contributed by atoms with van der Waals surface area (Å²) in [5.74, 6) is 0. The molecule has 0 amide bonds. The van der Waals surface area contributed by atoms with Gasteiger partial charge in [-0.1, -0.05) is 28.8 Å². The Morgan fingerprint density at radius 2 is 2.12 bits per heavy atom. The standard InChI is InChI=1S/C12H15BrN2O2/c13-10-5-6-12(15(16)17)9(7-10)8-14-11-3-1-2-4-11/h5-7,11,14H,1-4,8H2. The van der Waals surface area contributed by atoms with Crippen LogP contribution in [0.15, 0.2) is 22.7 Å². The molecule has 5 heteroatoms. The van der Waals surface area contributed by atoms with E-state index in [1.165, 1.54) is 25.7 Å². The number of nitro benzene ring substituents is 1. The summed E-state index contributed by atoms with van der Waals surface area (Å²) in [6.45, 7) is 0.570. The van der Waals surface area contributed by atoms with Crippen molar-refractivity contribution >= 4 is 21.6 Å². The van der Waals surface area contributed by atoms with Crippen LogP contribution in [0.2, 0.25) is 0 Å². The SMILES string of the molecule is O=[N+]([O-])c1ccc(Br)cc1CNC1CCCC1. The maximum Gasteiger partial charge on any atom is 0.273 e. The molecule has 0 bridgehead atoms. The highest BCUT2D eigenvalue weighted by Gasteiger charge is 2.17. The third-order valence-corrected chi connectivity index (χ3v) is 3.67. The van der Waals surface area contributed by atoms with Gasteiger partial charge in [0.25, 0.3) is 5.69 Å². The largest absolute Gasteiger partial charge is 0.310 e. The van der Waals surface area contributed by atoms with Gasteiger partial charge in [-0.25, -0.2) is 0 Å². The third-order valence-electron chi connectivity index (χ3n) is 3.17. The van der Waals surface area contributed by atoms with Crippen molar-refractivity contribution in [3.63, 3.8) is 0 Å². The van der Waals surface area contributed by atoms with Crippen LogP contribution in [-0.4, -0.2) is 11.0 Å². The van der Waals surface area contributed by atoms with Crippen LogP contribution in [0.4, 0.5) is 5.69 Å². The van der Waals surface area contributed by atoms with E-state index >= 15 is 0 Å². The average Bonchev–Trinajstić information content (AvgIpc) is 2.78. The fraction of sp³-hybridized carbons (Fsp3) is 0.500. The van der Waals surface area contributed by atoms with Gasteiger partial charge in [0.2, 0.25) is 0 Å². The first-order valence-electron chi connectivity index (χ1n) is 5.83. The summed E-state index contributed by atoms with van der Waals surface area (Å²) in [5.41, 5.74) is 0.940. The normalized spacial score (nSPS) is 16.3. The summed E-state index contributed by atoms with van der Waals surface area (Å²) < 4.78 is 0.881. The van der Waals surface area contributed by atoms with Crippen molar-refractivity contribution in [1.82, 2.24) is 5.32 Å². The number of nitrogens with zero attached hydrogens (tertiary/aromatic N) is 1. The molecular formula is C12H15BrN2O2. The molecule has 92 valence electrons. The molecule has 0 unspecified atom stereocenters. The predicted octanol–water partition coefficient (Wildman–Crippen LogP) is 3.39. The molecule has 1 aromatic rings. The fourth-order valence-electron chi connectivity index (χ4n) is 2.26. The van der Waals surface area contributed by atoms with Crippen molar-refractivity contribution in [3.05, 3.63) is 38.3 Å². The number of halogens is 1. The van der Waals surface area contributed by atoms with Crippen LogP contribution in [0, 0.1) is 10.1 Å². The summed E-state index contributed by atoms with van der Waals surface area (Å²) in [4.78, 5) is 10.6. The zero-order chi connectivity index (χ0) is 12.3. The zero-order valence-electron chi connectivity index (χ0n) is 9.49. The zero-order valence-corrected chi connectivity index (χ0v) is 11.1. The minimum atomic E-state index is -0.321. The maximum absolute atomic E-state index is 10.9. The lowest BCUT2D eigenvalue weighted by atomic mass is 10.1. The Hall–Kier alpha value is -0.940. The van der Waals surface area contributed by atoms with Crippen molar-refractivity contribution in [3.8, 4) is 0 Å². The van der Waals surface area contributed by atoms with Crippen molar-refractivity contribution in [1.29, 1.82) is 0 Å². The maximum atomic E-state index is 10.9. The van der Waals surface area contributed by atoms with Crippen LogP contribution in [0.1, 0.15) is 31.2 Å². The van der Waals surface area contributed by atoms with Crippen molar-refractivity contribution < 1.29 is 4.92 Å². The summed E-state index contributed by atoms with van der Waals surface area (Å²) in [6, 6.07) is 5.60. The van der Waals surface area contributed by atoms with E-state index in [0.29, 0.717) is 12.6 Å². The molecule has 0 heterocycles. The van der Waals surface area contributed by atoms with Gasteiger partial charge in [0.1, 0.15) is 0 Å². The Morgan fingerprint density at radius 3 is 2.76 bits per heavy atom. The molecule has 1 aromatic carbocycles. The van der Waals surface area contributed by atoms with Gasteiger partial charge in [-0.05, 0) is 25.0 Å². The highest BCUT2D eigenvalue weighted by atomic mass is 79.9. The molecule has 17 heavy (non-hydrogen) atoms. The average molecular weight is 299 g/mol. The highest BCUT2D eigenvalue weighted by molar-refractivity contribution is 9.10. The Morgan fingerprint density at radius 1 is 1.41 bits per heavy atom. The Bertz CT molecular complexity index is 417. The second-order valence-corrected chi connectivity index (χ2v) is 5.31. The molecule has 1 fully saturated rings. The second kappa shape index (κ2) is 5.60. The van der Waals surface area contributed by atoms with Gasteiger partial charge in [-0.15, -0.1) is 0 Å². The minimum absolute atomic E-state index is 0.193. The lowest BCUT2D eigenvalue weighted by Gasteiger charge is -2.12. The molecule has 4 nitrogen and oxygen atoms in total. The molecule has 0 aromatic heterocycles. The second-order valence-electron chi connectivity index (χ2n) is 4.39. The van der Waals surface area contributed by atoms with Gasteiger partial charge in [0.15, 0.2) is 0 Å². The molecule has 1 aliphatic rings. The van der Waals surface area contributed by atoms with Crippen molar-refractivity contribution in [2.75, 3.05) is 0 Å². The Labute approximate surface area is 109 Å². The van der Waals surface area contributed by atoms with Gasteiger partial charge < -0.3 is 5.32 Å². The minimum Gasteiger partial charge on any atom is -0.310 e. The van der Waals surface area contributed by atoms with Crippen LogP contribution in [0.3, 0.4) is 0 Å². The van der Waals surface area contributed by atoms with Crippen molar-refractivity contribution in [2.45, 2.75) is 38.3 Å². The number of hydrogen-bond donors (Lipinski definition) is 1. The van der Waals surface area contributed by atoms with E-state index in [2.05, 4.69) is 21.2 Å². The Kier molecular flexibility index (Phi) is 4.12. The van der Waals surface area contributed by atoms with Gasteiger partial charge in [0.05, 0.1) is 4.92 Å². The quantitative estimate of drug-likeness (QED) is 0.685. The van der Waals surface area contributed by atoms with E-state index in [1.807, 2.05) is 6.07 Å². The molecule has 2 rings (SSSR count). The van der Waals surface area contributed by atoms with Crippen molar-refractivity contribution in [2.24, 2.45) is 0 Å². The third kappa shape index (κ3) is 3.26. The van der Waals surface area contributed by atoms with Crippen LogP contribution < -0.4 is 5.32 Å². The molecule has 0 radical (unpaired) electrons. The van der Waals surface area contributed by atoms with Gasteiger partial charge >= 0.3 is 0 Å². The van der Waals surface area contributed by atoms with E-state index in [-0.39, 0.29) is 10.6 Å². The van der Waals surface area contributed by atoms with E-state index in [9.17, 15) is 10.1 Å². The summed E-state index contributed by atoms with van der Waals surface area (Å²) in [6.07, 6.45) is 4.89. The van der Waals surface area contributed by atoms with Crippen LogP contribution in [-0.2, 0) is 6.54 Å². The van der Waals surface area contributed by atoms with E-state index < -0.39 is 0 Å². The number of nitrogens with one attached hydrogen (secondary N) is 1. The molecule has 1 N–H and O–H groups in total. The van der Waals surface area contributed by atoms with E-state index in [4.69, 9.17) is 0 Å². The van der Waals surface area contributed by atoms with Crippen LogP contribution in [0.25, 0.3) is 0 Å².